The number of rotatable bonds is 3. The first-order valence-corrected chi connectivity index (χ1v) is 10.2. The van der Waals surface area contributed by atoms with Crippen LogP contribution in [0.5, 0.6) is 0 Å². The van der Waals surface area contributed by atoms with Crippen LogP contribution in [0.2, 0.25) is 0 Å². The molecule has 3 aliphatic rings. The van der Waals surface area contributed by atoms with Gasteiger partial charge in [-0.25, -0.2) is 0 Å². The Hall–Kier alpha value is -2.17. The molecule has 0 saturated carbocycles. The van der Waals surface area contributed by atoms with E-state index in [1.807, 2.05) is 11.8 Å². The lowest BCUT2D eigenvalue weighted by atomic mass is 9.92. The van der Waals surface area contributed by atoms with Crippen LogP contribution in [0.25, 0.3) is 5.70 Å². The third-order valence-electron chi connectivity index (χ3n) is 5.46. The van der Waals surface area contributed by atoms with Crippen molar-refractivity contribution in [2.45, 2.75) is 28.7 Å². The number of hydrogen-bond acceptors (Lipinski definition) is 4. The minimum atomic E-state index is 0.469. The number of anilines is 2. The molecule has 0 amide bonds. The lowest BCUT2D eigenvalue weighted by Crippen LogP contribution is -2.28. The van der Waals surface area contributed by atoms with Crippen molar-refractivity contribution >= 4 is 28.8 Å². The molecule has 2 atom stereocenters. The van der Waals surface area contributed by atoms with E-state index in [0.29, 0.717) is 18.5 Å². The first kappa shape index (κ1) is 16.0. The van der Waals surface area contributed by atoms with E-state index in [-0.39, 0.29) is 0 Å². The monoisotopic (exact) mass is 361 g/mol. The maximum Gasteiger partial charge on any atom is 0.0553 e. The number of hydrogen-bond donors (Lipinski definition) is 2. The Labute approximate surface area is 159 Å². The number of para-hydroxylation sites is 1. The van der Waals surface area contributed by atoms with E-state index in [1.165, 1.54) is 45.3 Å². The van der Waals surface area contributed by atoms with Crippen molar-refractivity contribution in [1.82, 2.24) is 5.32 Å². The zero-order valence-electron chi connectivity index (χ0n) is 14.7. The summed E-state index contributed by atoms with van der Waals surface area (Å²) in [6, 6.07) is 15.9. The van der Waals surface area contributed by atoms with E-state index in [2.05, 4.69) is 70.9 Å². The molecule has 3 nitrogen and oxygen atoms in total. The molecule has 0 aromatic heterocycles. The van der Waals surface area contributed by atoms with Crippen molar-refractivity contribution in [2.75, 3.05) is 18.0 Å². The molecule has 4 heteroatoms. The SMILES string of the molecule is NCCN1c2ccccc2Sc2cc(C3=CC4CCC=CC4N3)ccc21. The number of nitrogens with two attached hydrogens (primary N) is 1. The highest BCUT2D eigenvalue weighted by Gasteiger charge is 2.28. The minimum absolute atomic E-state index is 0.469. The summed E-state index contributed by atoms with van der Waals surface area (Å²) in [6.45, 7) is 1.47. The van der Waals surface area contributed by atoms with Crippen molar-refractivity contribution in [1.29, 1.82) is 0 Å². The van der Waals surface area contributed by atoms with Crippen LogP contribution < -0.4 is 16.0 Å². The maximum absolute atomic E-state index is 5.90. The highest BCUT2D eigenvalue weighted by Crippen LogP contribution is 2.48. The predicted octanol–water partition coefficient (Wildman–Crippen LogP) is 4.53. The van der Waals surface area contributed by atoms with E-state index in [1.54, 1.807) is 0 Å². The third-order valence-corrected chi connectivity index (χ3v) is 6.58. The Balaban J connectivity index is 1.51. The van der Waals surface area contributed by atoms with Crippen molar-refractivity contribution in [3.05, 3.63) is 66.3 Å². The summed E-state index contributed by atoms with van der Waals surface area (Å²) >= 11 is 1.86. The number of fused-ring (bicyclic) bond motifs is 3. The molecule has 1 aliphatic carbocycles. The Morgan fingerprint density at radius 1 is 1.12 bits per heavy atom. The van der Waals surface area contributed by atoms with Crippen LogP contribution in [0.1, 0.15) is 18.4 Å². The molecule has 2 aliphatic heterocycles. The molecule has 2 aromatic carbocycles. The lowest BCUT2D eigenvalue weighted by Gasteiger charge is -2.32. The van der Waals surface area contributed by atoms with Crippen LogP contribution in [-0.4, -0.2) is 19.1 Å². The number of nitrogens with zero attached hydrogens (tertiary/aromatic N) is 1. The summed E-state index contributed by atoms with van der Waals surface area (Å²) in [6.07, 6.45) is 9.49. The van der Waals surface area contributed by atoms with Gasteiger partial charge in [0.05, 0.1) is 17.4 Å². The fourth-order valence-corrected chi connectivity index (χ4v) is 5.32. The van der Waals surface area contributed by atoms with Gasteiger partial charge in [-0.05, 0) is 42.7 Å². The molecule has 3 N–H and O–H groups in total. The van der Waals surface area contributed by atoms with Crippen molar-refractivity contribution in [3.8, 4) is 0 Å². The number of allylic oxidation sites excluding steroid dienone is 1. The van der Waals surface area contributed by atoms with Crippen LogP contribution in [0.4, 0.5) is 11.4 Å². The topological polar surface area (TPSA) is 41.3 Å². The van der Waals surface area contributed by atoms with E-state index < -0.39 is 0 Å². The minimum Gasteiger partial charge on any atom is -0.378 e. The van der Waals surface area contributed by atoms with Gasteiger partial charge in [0.1, 0.15) is 0 Å². The van der Waals surface area contributed by atoms with Gasteiger partial charge in [0, 0.05) is 34.5 Å². The molecule has 0 saturated heterocycles. The van der Waals surface area contributed by atoms with Crippen molar-refractivity contribution in [3.63, 3.8) is 0 Å². The van der Waals surface area contributed by atoms with Crippen molar-refractivity contribution in [2.24, 2.45) is 11.7 Å². The molecule has 0 radical (unpaired) electrons. The van der Waals surface area contributed by atoms with Gasteiger partial charge in [-0.1, -0.05) is 48.2 Å². The first-order valence-electron chi connectivity index (χ1n) is 9.37. The normalized spacial score (nSPS) is 23.0. The predicted molar refractivity (Wildman–Crippen MR) is 110 cm³/mol. The van der Waals surface area contributed by atoms with Crippen LogP contribution >= 0.6 is 11.8 Å². The van der Waals surface area contributed by atoms with Crippen LogP contribution in [0, 0.1) is 5.92 Å². The molecule has 5 rings (SSSR count). The fraction of sp³-hybridized carbons (Fsp3) is 0.273. The highest BCUT2D eigenvalue weighted by atomic mass is 32.2. The van der Waals surface area contributed by atoms with E-state index in [0.717, 1.165) is 6.54 Å². The standard InChI is InChI=1S/C22H23N3S/c23-11-12-25-19-7-3-4-8-21(19)26-22-14-16(9-10-20(22)25)18-13-15-5-1-2-6-17(15)24-18/h2-4,6-10,13-15,17,24H,1,5,11-12,23H2. The van der Waals surface area contributed by atoms with Gasteiger partial charge in [-0.3, -0.25) is 0 Å². The first-order chi connectivity index (χ1) is 12.8. The zero-order chi connectivity index (χ0) is 17.5. The van der Waals surface area contributed by atoms with E-state index in [4.69, 9.17) is 5.73 Å². The Kier molecular flexibility index (Phi) is 4.03. The quantitative estimate of drug-likeness (QED) is 0.788. The van der Waals surface area contributed by atoms with Crippen molar-refractivity contribution < 1.29 is 0 Å². The van der Waals surface area contributed by atoms with Gasteiger partial charge in [0.25, 0.3) is 0 Å². The summed E-state index contributed by atoms with van der Waals surface area (Å²) in [7, 11) is 0. The average Bonchev–Trinajstić information content (AvgIpc) is 3.12. The Bertz CT molecular complexity index is 902. The second-order valence-electron chi connectivity index (χ2n) is 7.11. The number of benzene rings is 2. The number of nitrogens with one attached hydrogen (secondary N) is 1. The summed E-state index contributed by atoms with van der Waals surface area (Å²) < 4.78 is 0. The van der Waals surface area contributed by atoms with Crippen LogP contribution in [-0.2, 0) is 0 Å². The molecule has 2 unspecified atom stereocenters. The highest BCUT2D eigenvalue weighted by molar-refractivity contribution is 7.99. The van der Waals surface area contributed by atoms with E-state index >= 15 is 0 Å². The largest absolute Gasteiger partial charge is 0.378 e. The van der Waals surface area contributed by atoms with Gasteiger partial charge < -0.3 is 16.0 Å². The van der Waals surface area contributed by atoms with Gasteiger partial charge in [0.15, 0.2) is 0 Å². The summed E-state index contributed by atoms with van der Waals surface area (Å²) in [5, 5.41) is 3.70. The van der Waals surface area contributed by atoms with Gasteiger partial charge in [-0.2, -0.15) is 0 Å². The molecular weight excluding hydrogens is 338 g/mol. The summed E-state index contributed by atoms with van der Waals surface area (Å²) in [4.78, 5) is 4.96. The zero-order valence-corrected chi connectivity index (χ0v) is 15.5. The van der Waals surface area contributed by atoms with Gasteiger partial charge >= 0.3 is 0 Å². The molecule has 0 bridgehead atoms. The summed E-state index contributed by atoms with van der Waals surface area (Å²) in [5.41, 5.74) is 11.0. The summed E-state index contributed by atoms with van der Waals surface area (Å²) in [5.74, 6) is 0.633. The van der Waals surface area contributed by atoms with E-state index in [9.17, 15) is 0 Å². The lowest BCUT2D eigenvalue weighted by molar-refractivity contribution is 0.507. The maximum atomic E-state index is 5.90. The smallest absolute Gasteiger partial charge is 0.0553 e. The molecule has 0 spiro atoms. The molecule has 2 aromatic rings. The molecule has 26 heavy (non-hydrogen) atoms. The molecule has 132 valence electrons. The van der Waals surface area contributed by atoms with Crippen LogP contribution in [0.3, 0.4) is 0 Å². The third kappa shape index (κ3) is 2.65. The Morgan fingerprint density at radius 2 is 2.00 bits per heavy atom. The Morgan fingerprint density at radius 3 is 2.88 bits per heavy atom. The average molecular weight is 362 g/mol. The molecule has 0 fully saturated rings. The second-order valence-corrected chi connectivity index (χ2v) is 8.20. The molecule has 2 heterocycles. The van der Waals surface area contributed by atoms with Gasteiger partial charge in [0.2, 0.25) is 0 Å². The van der Waals surface area contributed by atoms with Gasteiger partial charge in [-0.15, -0.1) is 0 Å². The van der Waals surface area contributed by atoms with Crippen LogP contribution in [0.15, 0.2) is 70.5 Å². The second kappa shape index (κ2) is 6.53. The fourth-order valence-electron chi connectivity index (χ4n) is 4.19. The molecular formula is C22H23N3S.